The summed E-state index contributed by atoms with van der Waals surface area (Å²) in [5, 5.41) is 5.02. The molecule has 0 aliphatic carbocycles. The average Bonchev–Trinajstić information content (AvgIpc) is 3.07. The number of nitrogens with one attached hydrogen (secondary N) is 2. The molecule has 7 heteroatoms. The lowest BCUT2D eigenvalue weighted by molar-refractivity contribution is -0.117. The molecule has 0 spiro atoms. The van der Waals surface area contributed by atoms with Gasteiger partial charge in [0.25, 0.3) is 5.91 Å². The Morgan fingerprint density at radius 2 is 1.81 bits per heavy atom. The van der Waals surface area contributed by atoms with E-state index in [1.165, 1.54) is 18.2 Å². The third-order valence-corrected chi connectivity index (χ3v) is 4.06. The Bertz CT molecular complexity index is 836. The maximum atomic E-state index is 13.5. The van der Waals surface area contributed by atoms with Gasteiger partial charge in [-0.25, -0.2) is 4.39 Å². The van der Waals surface area contributed by atoms with Gasteiger partial charge < -0.3 is 15.5 Å². The third-order valence-electron chi connectivity index (χ3n) is 4.06. The summed E-state index contributed by atoms with van der Waals surface area (Å²) in [6, 6.07) is 12.5. The van der Waals surface area contributed by atoms with E-state index in [1.54, 1.807) is 35.2 Å². The summed E-state index contributed by atoms with van der Waals surface area (Å²) in [5.74, 6) is -1.63. The third kappa shape index (κ3) is 4.05. The number of nitrogens with zero attached hydrogens (tertiary/aromatic N) is 1. The van der Waals surface area contributed by atoms with Gasteiger partial charge in [0.05, 0.1) is 12.1 Å². The molecule has 1 saturated heterocycles. The molecule has 3 rings (SSSR count). The quantitative estimate of drug-likeness (QED) is 0.864. The van der Waals surface area contributed by atoms with E-state index in [0.29, 0.717) is 18.7 Å². The van der Waals surface area contributed by atoms with Crippen LogP contribution in [0.2, 0.25) is 0 Å². The van der Waals surface area contributed by atoms with Gasteiger partial charge in [-0.15, -0.1) is 0 Å². The number of hydrogen-bond donors (Lipinski definition) is 2. The highest BCUT2D eigenvalue weighted by Crippen LogP contribution is 2.22. The van der Waals surface area contributed by atoms with Gasteiger partial charge in [0.1, 0.15) is 5.82 Å². The smallest absolute Gasteiger partial charge is 0.254 e. The lowest BCUT2D eigenvalue weighted by atomic mass is 10.2. The van der Waals surface area contributed by atoms with E-state index in [0.717, 1.165) is 12.1 Å². The van der Waals surface area contributed by atoms with Crippen LogP contribution in [0, 0.1) is 5.82 Å². The molecule has 0 unspecified atom stereocenters. The molecule has 0 atom stereocenters. The van der Waals surface area contributed by atoms with Crippen LogP contribution in [0.1, 0.15) is 23.2 Å². The number of halogens is 1. The first-order valence-electron chi connectivity index (χ1n) is 8.27. The number of carbonyl (C=O) groups excluding carboxylic acids is 3. The molecule has 6 nitrogen and oxygen atoms in total. The van der Waals surface area contributed by atoms with Crippen molar-refractivity contribution in [2.75, 3.05) is 23.3 Å². The summed E-state index contributed by atoms with van der Waals surface area (Å²) < 4.78 is 13.5. The summed E-state index contributed by atoms with van der Waals surface area (Å²) >= 11 is 0. The predicted molar refractivity (Wildman–Crippen MR) is 95.4 cm³/mol. The van der Waals surface area contributed by atoms with E-state index in [1.807, 2.05) is 0 Å². The lowest BCUT2D eigenvalue weighted by Crippen LogP contribution is -2.33. The monoisotopic (exact) mass is 355 g/mol. The zero-order valence-electron chi connectivity index (χ0n) is 14.0. The van der Waals surface area contributed by atoms with E-state index in [-0.39, 0.29) is 18.0 Å². The molecule has 0 saturated carbocycles. The van der Waals surface area contributed by atoms with Gasteiger partial charge >= 0.3 is 0 Å². The van der Waals surface area contributed by atoms with Crippen molar-refractivity contribution in [1.29, 1.82) is 0 Å². The van der Waals surface area contributed by atoms with Crippen molar-refractivity contribution in [3.05, 3.63) is 59.9 Å². The molecule has 2 N–H and O–H groups in total. The molecule has 1 heterocycles. The summed E-state index contributed by atoms with van der Waals surface area (Å²) in [7, 11) is 0. The Morgan fingerprint density at radius 3 is 2.46 bits per heavy atom. The predicted octanol–water partition coefficient (Wildman–Crippen LogP) is 2.32. The molecule has 0 aromatic heterocycles. The van der Waals surface area contributed by atoms with E-state index in [2.05, 4.69) is 10.6 Å². The van der Waals surface area contributed by atoms with Crippen LogP contribution in [-0.2, 0) is 9.59 Å². The van der Waals surface area contributed by atoms with E-state index in [4.69, 9.17) is 0 Å². The average molecular weight is 355 g/mol. The van der Waals surface area contributed by atoms with Crippen molar-refractivity contribution < 1.29 is 18.8 Å². The molecule has 2 aromatic rings. The largest absolute Gasteiger partial charge is 0.343 e. The van der Waals surface area contributed by atoms with Crippen molar-refractivity contribution in [3.63, 3.8) is 0 Å². The van der Waals surface area contributed by atoms with Gasteiger partial charge in [0, 0.05) is 24.3 Å². The minimum absolute atomic E-state index is 0.0950. The highest BCUT2D eigenvalue weighted by atomic mass is 19.1. The molecule has 3 amide bonds. The fraction of sp³-hybridized carbons (Fsp3) is 0.211. The first kappa shape index (κ1) is 17.6. The highest BCUT2D eigenvalue weighted by Gasteiger charge is 2.21. The standard InChI is InChI=1S/C19H18FN3O3/c20-16-5-2-1-4-15(16)19(26)21-12-17(24)22-13-7-9-14(10-8-13)23-11-3-6-18(23)25/h1-2,4-5,7-10H,3,6,11-12H2,(H,21,26)(H,22,24). The SMILES string of the molecule is O=C(CNC(=O)c1ccccc1F)Nc1ccc(N2CCCC2=O)cc1. The van der Waals surface area contributed by atoms with Crippen LogP contribution in [0.5, 0.6) is 0 Å². The van der Waals surface area contributed by atoms with Crippen LogP contribution in [-0.4, -0.2) is 30.8 Å². The molecule has 134 valence electrons. The van der Waals surface area contributed by atoms with Crippen molar-refractivity contribution in [1.82, 2.24) is 5.32 Å². The van der Waals surface area contributed by atoms with Gasteiger partial charge in [-0.3, -0.25) is 14.4 Å². The van der Waals surface area contributed by atoms with Crippen LogP contribution in [0.3, 0.4) is 0 Å². The van der Waals surface area contributed by atoms with Gasteiger partial charge in [0.2, 0.25) is 11.8 Å². The summed E-state index contributed by atoms with van der Waals surface area (Å²) in [4.78, 5) is 37.2. The fourth-order valence-electron chi connectivity index (χ4n) is 2.75. The zero-order chi connectivity index (χ0) is 18.5. The molecule has 1 aliphatic rings. The Labute approximate surface area is 150 Å². The Kier molecular flexibility index (Phi) is 5.26. The number of anilines is 2. The summed E-state index contributed by atoms with van der Waals surface area (Å²) in [6.45, 7) is 0.423. The van der Waals surface area contributed by atoms with Gasteiger partial charge in [-0.05, 0) is 42.8 Å². The van der Waals surface area contributed by atoms with Crippen LogP contribution in [0.4, 0.5) is 15.8 Å². The van der Waals surface area contributed by atoms with E-state index >= 15 is 0 Å². The number of carbonyl (C=O) groups is 3. The Balaban J connectivity index is 1.52. The second-order valence-electron chi connectivity index (χ2n) is 5.91. The Morgan fingerprint density at radius 1 is 1.08 bits per heavy atom. The molecule has 2 aromatic carbocycles. The lowest BCUT2D eigenvalue weighted by Gasteiger charge is -2.16. The molecule has 26 heavy (non-hydrogen) atoms. The zero-order valence-corrected chi connectivity index (χ0v) is 14.0. The normalized spacial score (nSPS) is 13.6. The molecule has 0 bridgehead atoms. The number of rotatable bonds is 5. The van der Waals surface area contributed by atoms with Gasteiger partial charge in [0.15, 0.2) is 0 Å². The van der Waals surface area contributed by atoms with E-state index in [9.17, 15) is 18.8 Å². The number of benzene rings is 2. The minimum atomic E-state index is -0.652. The van der Waals surface area contributed by atoms with Gasteiger partial charge in [-0.1, -0.05) is 12.1 Å². The Hall–Kier alpha value is -3.22. The topological polar surface area (TPSA) is 78.5 Å². The molecule has 1 aliphatic heterocycles. The van der Waals surface area contributed by atoms with Crippen molar-refractivity contribution in [3.8, 4) is 0 Å². The van der Waals surface area contributed by atoms with Gasteiger partial charge in [-0.2, -0.15) is 0 Å². The summed E-state index contributed by atoms with van der Waals surface area (Å²) in [5.41, 5.74) is 1.23. The maximum Gasteiger partial charge on any atom is 0.254 e. The van der Waals surface area contributed by atoms with E-state index < -0.39 is 17.6 Å². The van der Waals surface area contributed by atoms with Crippen LogP contribution in [0.25, 0.3) is 0 Å². The van der Waals surface area contributed by atoms with Crippen LogP contribution < -0.4 is 15.5 Å². The number of amides is 3. The number of hydrogen-bond acceptors (Lipinski definition) is 3. The van der Waals surface area contributed by atoms with Crippen LogP contribution in [0.15, 0.2) is 48.5 Å². The second kappa shape index (κ2) is 7.77. The highest BCUT2D eigenvalue weighted by molar-refractivity contribution is 6.00. The molecular formula is C19H18FN3O3. The molecular weight excluding hydrogens is 337 g/mol. The van der Waals surface area contributed by atoms with Crippen molar-refractivity contribution in [2.24, 2.45) is 0 Å². The minimum Gasteiger partial charge on any atom is -0.343 e. The maximum absolute atomic E-state index is 13.5. The van der Waals surface area contributed by atoms with Crippen molar-refractivity contribution in [2.45, 2.75) is 12.8 Å². The fourth-order valence-corrected chi connectivity index (χ4v) is 2.75. The van der Waals surface area contributed by atoms with Crippen molar-refractivity contribution >= 4 is 29.1 Å². The van der Waals surface area contributed by atoms with Crippen LogP contribution >= 0.6 is 0 Å². The first-order chi connectivity index (χ1) is 12.5. The first-order valence-corrected chi connectivity index (χ1v) is 8.27. The summed E-state index contributed by atoms with van der Waals surface area (Å²) in [6.07, 6.45) is 1.40. The molecule has 0 radical (unpaired) electrons. The second-order valence-corrected chi connectivity index (χ2v) is 5.91. The molecule has 1 fully saturated rings.